The van der Waals surface area contributed by atoms with Crippen LogP contribution in [0.2, 0.25) is 0 Å². The van der Waals surface area contributed by atoms with Gasteiger partial charge < -0.3 is 9.47 Å². The average molecular weight is 410 g/mol. The van der Waals surface area contributed by atoms with Crippen molar-refractivity contribution in [3.05, 3.63) is 65.9 Å². The van der Waals surface area contributed by atoms with E-state index in [4.69, 9.17) is 9.47 Å². The van der Waals surface area contributed by atoms with Crippen LogP contribution in [0.5, 0.6) is 11.5 Å². The minimum absolute atomic E-state index is 0.906. The van der Waals surface area contributed by atoms with Gasteiger partial charge in [0.05, 0.1) is 0 Å². The van der Waals surface area contributed by atoms with Crippen molar-refractivity contribution in [1.29, 1.82) is 0 Å². The number of rotatable bonds is 16. The van der Waals surface area contributed by atoms with Gasteiger partial charge in [-0.2, -0.15) is 0 Å². The van der Waals surface area contributed by atoms with Crippen molar-refractivity contribution in [2.75, 3.05) is 0 Å². The average Bonchev–Trinajstić information content (AvgIpc) is 2.76. The molecule has 0 heterocycles. The summed E-state index contributed by atoms with van der Waals surface area (Å²) in [5, 5.41) is 0. The lowest BCUT2D eigenvalue weighted by Crippen LogP contribution is -2.04. The van der Waals surface area contributed by atoms with Gasteiger partial charge in [-0.25, -0.2) is 0 Å². The molecule has 0 saturated carbocycles. The van der Waals surface area contributed by atoms with E-state index in [-0.39, 0.29) is 0 Å². The van der Waals surface area contributed by atoms with Crippen LogP contribution >= 0.6 is 0 Å². The van der Waals surface area contributed by atoms with Gasteiger partial charge in [-0.05, 0) is 61.4 Å². The lowest BCUT2D eigenvalue weighted by Gasteiger charge is -2.15. The molecule has 2 nitrogen and oxygen atoms in total. The third kappa shape index (κ3) is 8.81. The lowest BCUT2D eigenvalue weighted by atomic mass is 10.0. The summed E-state index contributed by atoms with van der Waals surface area (Å²) in [6.07, 6.45) is 15.0. The van der Waals surface area contributed by atoms with Crippen molar-refractivity contribution in [2.24, 2.45) is 0 Å². The van der Waals surface area contributed by atoms with E-state index in [1.54, 1.807) is 0 Å². The van der Waals surface area contributed by atoms with Crippen LogP contribution < -0.4 is 9.47 Å². The maximum atomic E-state index is 5.96. The Morgan fingerprint density at radius 3 is 2.03 bits per heavy atom. The highest BCUT2D eigenvalue weighted by Gasteiger charge is 2.09. The molecule has 165 valence electrons. The quantitative estimate of drug-likeness (QED) is 0.258. The molecule has 0 saturated heterocycles. The third-order valence-corrected chi connectivity index (χ3v) is 5.77. The molecule has 0 spiro atoms. The second-order valence-corrected chi connectivity index (χ2v) is 8.32. The van der Waals surface area contributed by atoms with Crippen molar-refractivity contribution >= 4 is 0 Å². The standard InChI is InChI=1S/C28H41O2/c1-4-6-8-10-11-12-18-25-19-14-15-21-27(25)29-23-30-28-22-16-17-24(3)26(28)20-13-9-7-5-2/h14-17,19,21-23H,4-13,18,20H2,1-3H3. The van der Waals surface area contributed by atoms with Gasteiger partial charge in [-0.3, -0.25) is 0 Å². The predicted molar refractivity (Wildman–Crippen MR) is 128 cm³/mol. The van der Waals surface area contributed by atoms with E-state index in [1.165, 1.54) is 87.7 Å². The number of hydrogen-bond acceptors (Lipinski definition) is 2. The molecule has 30 heavy (non-hydrogen) atoms. The molecule has 0 unspecified atom stereocenters. The summed E-state index contributed by atoms with van der Waals surface area (Å²) in [5.74, 6) is 1.82. The number of aryl methyl sites for hydroxylation is 2. The molecule has 0 aliphatic rings. The van der Waals surface area contributed by atoms with Crippen LogP contribution in [0, 0.1) is 13.7 Å². The maximum absolute atomic E-state index is 5.96. The molecule has 2 aromatic rings. The Balaban J connectivity index is 1.84. The monoisotopic (exact) mass is 409 g/mol. The fraction of sp³-hybridized carbons (Fsp3) is 0.536. The van der Waals surface area contributed by atoms with Crippen molar-refractivity contribution in [3.8, 4) is 11.5 Å². The molecule has 0 aliphatic carbocycles. The molecule has 2 aromatic carbocycles. The predicted octanol–water partition coefficient (Wildman–Crippen LogP) is 8.60. The fourth-order valence-electron chi connectivity index (χ4n) is 3.88. The number of ether oxygens (including phenoxy) is 2. The van der Waals surface area contributed by atoms with E-state index in [9.17, 15) is 0 Å². The van der Waals surface area contributed by atoms with Crippen LogP contribution in [0.1, 0.15) is 94.7 Å². The van der Waals surface area contributed by atoms with E-state index in [0.29, 0.717) is 0 Å². The van der Waals surface area contributed by atoms with Crippen molar-refractivity contribution in [3.63, 3.8) is 0 Å². The summed E-state index contributed by atoms with van der Waals surface area (Å²) in [5.41, 5.74) is 3.85. The number of hydrogen-bond donors (Lipinski definition) is 0. The SMILES string of the molecule is CCCCCCCCc1ccccc1O[CH]Oc1cccc(C)c1CCCCCC. The minimum Gasteiger partial charge on any atom is -0.448 e. The van der Waals surface area contributed by atoms with Gasteiger partial charge in [-0.1, -0.05) is 95.5 Å². The first-order valence-electron chi connectivity index (χ1n) is 12.1. The molecule has 0 N–H and O–H groups in total. The highest BCUT2D eigenvalue weighted by Crippen LogP contribution is 2.26. The summed E-state index contributed by atoms with van der Waals surface area (Å²) in [6.45, 7) is 8.18. The zero-order valence-electron chi connectivity index (χ0n) is 19.4. The van der Waals surface area contributed by atoms with Crippen LogP contribution in [0.3, 0.4) is 0 Å². The fourth-order valence-corrected chi connectivity index (χ4v) is 3.88. The van der Waals surface area contributed by atoms with Crippen LogP contribution in [-0.2, 0) is 12.8 Å². The molecular formula is C28H41O2. The first kappa shape index (κ1) is 24.3. The van der Waals surface area contributed by atoms with Crippen LogP contribution in [0.25, 0.3) is 0 Å². The van der Waals surface area contributed by atoms with Crippen LogP contribution in [-0.4, -0.2) is 0 Å². The van der Waals surface area contributed by atoms with Gasteiger partial charge >= 0.3 is 6.79 Å². The van der Waals surface area contributed by atoms with Gasteiger partial charge in [0.1, 0.15) is 11.5 Å². The van der Waals surface area contributed by atoms with Crippen molar-refractivity contribution in [1.82, 2.24) is 0 Å². The Hall–Kier alpha value is -1.96. The molecule has 0 aromatic heterocycles. The van der Waals surface area contributed by atoms with Crippen LogP contribution in [0.4, 0.5) is 0 Å². The van der Waals surface area contributed by atoms with Gasteiger partial charge in [0.15, 0.2) is 0 Å². The van der Waals surface area contributed by atoms with Gasteiger partial charge in [-0.15, -0.1) is 0 Å². The molecule has 0 amide bonds. The molecule has 2 rings (SSSR count). The number of benzene rings is 2. The lowest BCUT2D eigenvalue weighted by molar-refractivity contribution is 0.207. The summed E-state index contributed by atoms with van der Waals surface area (Å²) < 4.78 is 11.9. The second kappa shape index (κ2) is 14.9. The number of unbranched alkanes of at least 4 members (excludes halogenated alkanes) is 8. The summed E-state index contributed by atoms with van der Waals surface area (Å²) >= 11 is 0. The van der Waals surface area contributed by atoms with Crippen molar-refractivity contribution in [2.45, 2.75) is 97.8 Å². The highest BCUT2D eigenvalue weighted by atomic mass is 16.7. The third-order valence-electron chi connectivity index (χ3n) is 5.77. The first-order chi connectivity index (χ1) is 14.8. The molecule has 1 radical (unpaired) electrons. The topological polar surface area (TPSA) is 18.5 Å². The molecule has 0 fully saturated rings. The van der Waals surface area contributed by atoms with Crippen LogP contribution in [0.15, 0.2) is 42.5 Å². The van der Waals surface area contributed by atoms with Gasteiger partial charge in [0.25, 0.3) is 0 Å². The summed E-state index contributed by atoms with van der Waals surface area (Å²) in [4.78, 5) is 0. The summed E-state index contributed by atoms with van der Waals surface area (Å²) in [7, 11) is 0. The second-order valence-electron chi connectivity index (χ2n) is 8.32. The molecule has 0 atom stereocenters. The summed E-state index contributed by atoms with van der Waals surface area (Å²) in [6, 6.07) is 14.6. The Labute approximate surface area is 185 Å². The first-order valence-corrected chi connectivity index (χ1v) is 12.1. The van der Waals surface area contributed by atoms with Gasteiger partial charge in [0.2, 0.25) is 0 Å². The smallest absolute Gasteiger partial charge is 0.316 e. The zero-order chi connectivity index (χ0) is 21.4. The van der Waals surface area contributed by atoms with E-state index >= 15 is 0 Å². The maximum Gasteiger partial charge on any atom is 0.316 e. The minimum atomic E-state index is 0.906. The molecule has 0 bridgehead atoms. The number of para-hydroxylation sites is 1. The molecule has 2 heteroatoms. The molecular weight excluding hydrogens is 368 g/mol. The largest absolute Gasteiger partial charge is 0.448 e. The highest BCUT2D eigenvalue weighted by molar-refractivity contribution is 5.40. The van der Waals surface area contributed by atoms with E-state index in [0.717, 1.165) is 24.3 Å². The zero-order valence-corrected chi connectivity index (χ0v) is 19.4. The van der Waals surface area contributed by atoms with Gasteiger partial charge in [0, 0.05) is 0 Å². The normalized spacial score (nSPS) is 10.9. The van der Waals surface area contributed by atoms with E-state index < -0.39 is 0 Å². The van der Waals surface area contributed by atoms with E-state index in [1.807, 2.05) is 18.2 Å². The Morgan fingerprint density at radius 2 is 1.23 bits per heavy atom. The Bertz CT molecular complexity index is 708. The Kier molecular flexibility index (Phi) is 12.1. The van der Waals surface area contributed by atoms with Crippen molar-refractivity contribution < 1.29 is 9.47 Å². The van der Waals surface area contributed by atoms with E-state index in [2.05, 4.69) is 45.0 Å². The molecule has 0 aliphatic heterocycles. The Morgan fingerprint density at radius 1 is 0.633 bits per heavy atom.